The maximum Gasteiger partial charge on any atom is 0.306 e. The SMILES string of the molecule is CCN(CC)S(=O)(=O)c1ccc(CCC(=O)OCc2csc(-c3ccco3)n2)cc1. The monoisotopic (exact) mass is 448 g/mol. The standard InChI is InChI=1S/C21H24N2O5S2/c1-3-23(4-2)30(25,26)18-10-7-16(8-11-18)9-12-20(24)28-14-17-15-29-21(22-17)19-6-5-13-27-19/h5-8,10-11,13,15H,3-4,9,12,14H2,1-2H3. The summed E-state index contributed by atoms with van der Waals surface area (Å²) >= 11 is 1.43. The normalized spacial score (nSPS) is 11.7. The maximum atomic E-state index is 12.5. The molecule has 0 aliphatic rings. The van der Waals surface area contributed by atoms with E-state index < -0.39 is 10.0 Å². The Morgan fingerprint density at radius 1 is 1.17 bits per heavy atom. The van der Waals surface area contributed by atoms with E-state index in [2.05, 4.69) is 4.98 Å². The molecule has 160 valence electrons. The molecule has 0 spiro atoms. The van der Waals surface area contributed by atoms with Crippen molar-refractivity contribution in [3.63, 3.8) is 0 Å². The Morgan fingerprint density at radius 2 is 1.90 bits per heavy atom. The van der Waals surface area contributed by atoms with Crippen LogP contribution >= 0.6 is 11.3 Å². The van der Waals surface area contributed by atoms with Crippen LogP contribution in [0.4, 0.5) is 0 Å². The van der Waals surface area contributed by atoms with E-state index in [0.29, 0.717) is 31.0 Å². The Kier molecular flexibility index (Phi) is 7.41. The van der Waals surface area contributed by atoms with Gasteiger partial charge in [-0.2, -0.15) is 4.31 Å². The third-order valence-electron chi connectivity index (χ3n) is 4.55. The van der Waals surface area contributed by atoms with E-state index in [1.807, 2.05) is 25.3 Å². The van der Waals surface area contributed by atoms with E-state index in [0.717, 1.165) is 10.6 Å². The summed E-state index contributed by atoms with van der Waals surface area (Å²) in [6.07, 6.45) is 2.26. The number of aryl methyl sites for hydroxylation is 1. The molecule has 30 heavy (non-hydrogen) atoms. The first-order valence-electron chi connectivity index (χ1n) is 9.67. The molecule has 2 aromatic heterocycles. The first-order chi connectivity index (χ1) is 14.4. The number of nitrogens with zero attached hydrogens (tertiary/aromatic N) is 2. The number of esters is 1. The lowest BCUT2D eigenvalue weighted by Gasteiger charge is -2.18. The van der Waals surface area contributed by atoms with Gasteiger partial charge in [-0.15, -0.1) is 11.3 Å². The number of thiazole rings is 1. The number of furan rings is 1. The van der Waals surface area contributed by atoms with E-state index in [-0.39, 0.29) is 23.9 Å². The summed E-state index contributed by atoms with van der Waals surface area (Å²) in [7, 11) is -3.47. The minimum absolute atomic E-state index is 0.108. The van der Waals surface area contributed by atoms with Gasteiger partial charge in [-0.05, 0) is 36.2 Å². The van der Waals surface area contributed by atoms with Gasteiger partial charge in [-0.1, -0.05) is 26.0 Å². The van der Waals surface area contributed by atoms with Crippen molar-refractivity contribution in [1.29, 1.82) is 0 Å². The zero-order valence-electron chi connectivity index (χ0n) is 16.9. The molecular weight excluding hydrogens is 424 g/mol. The van der Waals surface area contributed by atoms with Crippen molar-refractivity contribution in [2.75, 3.05) is 13.1 Å². The number of hydrogen-bond acceptors (Lipinski definition) is 7. The summed E-state index contributed by atoms with van der Waals surface area (Å²) in [4.78, 5) is 16.7. The van der Waals surface area contributed by atoms with E-state index >= 15 is 0 Å². The van der Waals surface area contributed by atoms with Crippen LogP contribution in [0, 0.1) is 0 Å². The van der Waals surface area contributed by atoms with Crippen LogP contribution in [-0.4, -0.2) is 36.8 Å². The fraction of sp³-hybridized carbons (Fsp3) is 0.333. The third kappa shape index (κ3) is 5.35. The fourth-order valence-electron chi connectivity index (χ4n) is 2.90. The highest BCUT2D eigenvalue weighted by Gasteiger charge is 2.21. The number of carbonyl (C=O) groups excluding carboxylic acids is 1. The minimum atomic E-state index is -3.47. The van der Waals surface area contributed by atoms with Crippen LogP contribution in [0.1, 0.15) is 31.5 Å². The van der Waals surface area contributed by atoms with Crippen LogP contribution in [0.15, 0.2) is 57.4 Å². The number of aromatic nitrogens is 1. The molecule has 0 aliphatic carbocycles. The molecule has 7 nitrogen and oxygen atoms in total. The van der Waals surface area contributed by atoms with Gasteiger partial charge >= 0.3 is 5.97 Å². The molecule has 0 bridgehead atoms. The third-order valence-corrected chi connectivity index (χ3v) is 7.52. The second-order valence-corrected chi connectivity index (χ2v) is 9.31. The average molecular weight is 449 g/mol. The van der Waals surface area contributed by atoms with Crippen LogP contribution in [0.2, 0.25) is 0 Å². The smallest absolute Gasteiger partial charge is 0.306 e. The Bertz CT molecular complexity index is 1050. The quantitative estimate of drug-likeness (QED) is 0.434. The highest BCUT2D eigenvalue weighted by molar-refractivity contribution is 7.89. The molecule has 0 N–H and O–H groups in total. The van der Waals surface area contributed by atoms with Crippen molar-refractivity contribution in [3.8, 4) is 10.8 Å². The summed E-state index contributed by atoms with van der Waals surface area (Å²) < 4.78 is 37.0. The van der Waals surface area contributed by atoms with Gasteiger partial charge in [-0.3, -0.25) is 4.79 Å². The van der Waals surface area contributed by atoms with Crippen molar-refractivity contribution < 1.29 is 22.4 Å². The highest BCUT2D eigenvalue weighted by Crippen LogP contribution is 2.24. The van der Waals surface area contributed by atoms with Crippen LogP contribution in [0.5, 0.6) is 0 Å². The molecule has 0 atom stereocenters. The number of ether oxygens (including phenoxy) is 1. The summed E-state index contributed by atoms with van der Waals surface area (Å²) in [5, 5.41) is 2.58. The number of sulfonamides is 1. The van der Waals surface area contributed by atoms with Gasteiger partial charge in [0.05, 0.1) is 16.9 Å². The number of hydrogen-bond donors (Lipinski definition) is 0. The van der Waals surface area contributed by atoms with Gasteiger partial charge in [0.15, 0.2) is 10.8 Å². The van der Waals surface area contributed by atoms with Gasteiger partial charge in [0.1, 0.15) is 6.61 Å². The summed E-state index contributed by atoms with van der Waals surface area (Å²) in [6, 6.07) is 10.3. The molecule has 1 aromatic carbocycles. The van der Waals surface area contributed by atoms with E-state index in [4.69, 9.17) is 9.15 Å². The second-order valence-electron chi connectivity index (χ2n) is 6.52. The summed E-state index contributed by atoms with van der Waals surface area (Å²) in [5.74, 6) is 0.353. The fourth-order valence-corrected chi connectivity index (χ4v) is 5.13. The zero-order chi connectivity index (χ0) is 21.6. The van der Waals surface area contributed by atoms with Gasteiger partial charge in [0, 0.05) is 24.9 Å². The zero-order valence-corrected chi connectivity index (χ0v) is 18.5. The molecule has 0 saturated heterocycles. The second kappa shape index (κ2) is 10.0. The maximum absolute atomic E-state index is 12.5. The minimum Gasteiger partial charge on any atom is -0.462 e. The van der Waals surface area contributed by atoms with Crippen molar-refractivity contribution in [1.82, 2.24) is 9.29 Å². The lowest BCUT2D eigenvalue weighted by molar-refractivity contribution is -0.145. The van der Waals surface area contributed by atoms with Gasteiger partial charge in [-0.25, -0.2) is 13.4 Å². The average Bonchev–Trinajstić information content (AvgIpc) is 3.43. The van der Waals surface area contributed by atoms with E-state index in [9.17, 15) is 13.2 Å². The van der Waals surface area contributed by atoms with Crippen LogP contribution < -0.4 is 0 Å². The summed E-state index contributed by atoms with van der Waals surface area (Å²) in [5.41, 5.74) is 1.55. The molecule has 3 rings (SSSR count). The van der Waals surface area contributed by atoms with Crippen molar-refractivity contribution in [3.05, 3.63) is 59.3 Å². The molecule has 0 amide bonds. The summed E-state index contributed by atoms with van der Waals surface area (Å²) in [6.45, 7) is 4.58. The van der Waals surface area contributed by atoms with E-state index in [1.165, 1.54) is 15.6 Å². The van der Waals surface area contributed by atoms with Crippen LogP contribution in [0.3, 0.4) is 0 Å². The topological polar surface area (TPSA) is 89.7 Å². The van der Waals surface area contributed by atoms with Gasteiger partial charge in [0.2, 0.25) is 10.0 Å². The molecule has 0 unspecified atom stereocenters. The molecular formula is C21H24N2O5S2. The van der Waals surface area contributed by atoms with Crippen molar-refractivity contribution in [2.45, 2.75) is 38.2 Å². The van der Waals surface area contributed by atoms with Gasteiger partial charge in [0.25, 0.3) is 0 Å². The lowest BCUT2D eigenvalue weighted by Crippen LogP contribution is -2.30. The molecule has 0 radical (unpaired) electrons. The predicted molar refractivity (Wildman–Crippen MR) is 114 cm³/mol. The first-order valence-corrected chi connectivity index (χ1v) is 12.0. The molecule has 9 heteroatoms. The molecule has 3 aromatic rings. The predicted octanol–water partition coefficient (Wildman–Crippen LogP) is 4.11. The molecule has 0 saturated carbocycles. The Morgan fingerprint density at radius 3 is 2.53 bits per heavy atom. The van der Waals surface area contributed by atoms with Crippen LogP contribution in [-0.2, 0) is 32.6 Å². The Labute approximate surface area is 180 Å². The highest BCUT2D eigenvalue weighted by atomic mass is 32.2. The van der Waals surface area contributed by atoms with Gasteiger partial charge < -0.3 is 9.15 Å². The first kappa shape index (κ1) is 22.2. The van der Waals surface area contributed by atoms with Crippen LogP contribution in [0.25, 0.3) is 10.8 Å². The van der Waals surface area contributed by atoms with Crippen molar-refractivity contribution >= 4 is 27.3 Å². The number of benzene rings is 1. The van der Waals surface area contributed by atoms with E-state index in [1.54, 1.807) is 36.6 Å². The molecule has 0 fully saturated rings. The number of carbonyl (C=O) groups is 1. The largest absolute Gasteiger partial charge is 0.462 e. The Hall–Kier alpha value is -2.49. The molecule has 0 aliphatic heterocycles. The number of rotatable bonds is 10. The Balaban J connectivity index is 1.49. The molecule has 2 heterocycles. The lowest BCUT2D eigenvalue weighted by atomic mass is 10.1. The van der Waals surface area contributed by atoms with Crippen molar-refractivity contribution in [2.24, 2.45) is 0 Å².